The zero-order chi connectivity index (χ0) is 20.8. The van der Waals surface area contributed by atoms with E-state index >= 15 is 0 Å². The standard InChI is InChI=1S/C20H20B2FN3O3/c1-19(3-4-19)18(27)24-9-12-5-11-6-14(23)16(8-15(11)25-12)28-10-13-7-17(29-26-13)20(2,21)22/h5-8,25H,3-4,9-10H2,1-2H3,(H,24,27). The summed E-state index contributed by atoms with van der Waals surface area (Å²) in [6, 6.07) is 6.35. The van der Waals surface area contributed by atoms with Gasteiger partial charge in [0.1, 0.15) is 18.1 Å². The highest BCUT2D eigenvalue weighted by molar-refractivity contribution is 6.39. The van der Waals surface area contributed by atoms with Crippen LogP contribution in [0, 0.1) is 11.2 Å². The number of fused-ring (bicyclic) bond motifs is 1. The molecule has 29 heavy (non-hydrogen) atoms. The van der Waals surface area contributed by atoms with E-state index in [1.54, 1.807) is 19.1 Å². The van der Waals surface area contributed by atoms with Gasteiger partial charge in [-0.25, -0.2) is 4.39 Å². The van der Waals surface area contributed by atoms with Gasteiger partial charge in [-0.2, -0.15) is 0 Å². The molecule has 1 aliphatic rings. The van der Waals surface area contributed by atoms with Crippen molar-refractivity contribution in [2.45, 2.75) is 45.1 Å². The maximum Gasteiger partial charge on any atom is 0.226 e. The largest absolute Gasteiger partial charge is 0.484 e. The Hall–Kier alpha value is -2.70. The normalized spacial score (nSPS) is 15.4. The molecular formula is C20H20B2FN3O3. The summed E-state index contributed by atoms with van der Waals surface area (Å²) in [6.07, 6.45) is 1.83. The van der Waals surface area contributed by atoms with Crippen molar-refractivity contribution < 1.29 is 18.4 Å². The lowest BCUT2D eigenvalue weighted by Gasteiger charge is -2.13. The molecule has 0 aliphatic heterocycles. The van der Waals surface area contributed by atoms with Crippen molar-refractivity contribution in [2.24, 2.45) is 5.41 Å². The Kier molecular flexibility index (Phi) is 4.71. The molecule has 0 spiro atoms. The molecule has 1 aliphatic carbocycles. The van der Waals surface area contributed by atoms with Crippen molar-refractivity contribution in [3.8, 4) is 5.75 Å². The van der Waals surface area contributed by atoms with E-state index in [4.69, 9.17) is 25.0 Å². The Morgan fingerprint density at radius 3 is 2.79 bits per heavy atom. The summed E-state index contributed by atoms with van der Waals surface area (Å²) in [5, 5.41) is 6.29. The smallest absolute Gasteiger partial charge is 0.226 e. The molecule has 0 atom stereocenters. The van der Waals surface area contributed by atoms with Crippen molar-refractivity contribution in [3.63, 3.8) is 0 Å². The second kappa shape index (κ2) is 6.97. The van der Waals surface area contributed by atoms with E-state index in [-0.39, 0.29) is 23.7 Å². The average molecular weight is 391 g/mol. The third kappa shape index (κ3) is 4.18. The van der Waals surface area contributed by atoms with E-state index in [2.05, 4.69) is 15.5 Å². The minimum absolute atomic E-state index is 0.00418. The molecule has 4 rings (SSSR count). The number of carbonyl (C=O) groups is 1. The van der Waals surface area contributed by atoms with Crippen LogP contribution >= 0.6 is 0 Å². The molecule has 2 heterocycles. The number of halogens is 1. The zero-order valence-corrected chi connectivity index (χ0v) is 16.3. The van der Waals surface area contributed by atoms with Crippen LogP contribution in [0.2, 0.25) is 0 Å². The summed E-state index contributed by atoms with van der Waals surface area (Å²) in [7, 11) is 11.5. The maximum absolute atomic E-state index is 14.4. The molecule has 146 valence electrons. The van der Waals surface area contributed by atoms with Gasteiger partial charge in [-0.1, -0.05) is 19.0 Å². The van der Waals surface area contributed by atoms with Gasteiger partial charge in [0.15, 0.2) is 11.6 Å². The molecule has 0 bridgehead atoms. The summed E-state index contributed by atoms with van der Waals surface area (Å²) in [4.78, 5) is 15.3. The lowest BCUT2D eigenvalue weighted by atomic mass is 9.54. The molecule has 0 saturated heterocycles. The lowest BCUT2D eigenvalue weighted by molar-refractivity contribution is -0.125. The third-order valence-electron chi connectivity index (χ3n) is 5.18. The predicted octanol–water partition coefficient (Wildman–Crippen LogP) is 2.80. The number of aromatic nitrogens is 2. The number of carbonyl (C=O) groups excluding carboxylic acids is 1. The summed E-state index contributed by atoms with van der Waals surface area (Å²) in [5.74, 6) is -0.0652. The first-order valence-electron chi connectivity index (χ1n) is 9.40. The summed E-state index contributed by atoms with van der Waals surface area (Å²) in [6.45, 7) is 3.90. The van der Waals surface area contributed by atoms with E-state index in [1.165, 1.54) is 6.07 Å². The van der Waals surface area contributed by atoms with Crippen LogP contribution in [0.15, 0.2) is 28.8 Å². The third-order valence-corrected chi connectivity index (χ3v) is 5.18. The molecule has 1 fully saturated rings. The van der Waals surface area contributed by atoms with Crippen LogP contribution in [0.5, 0.6) is 5.75 Å². The minimum Gasteiger partial charge on any atom is -0.484 e. The van der Waals surface area contributed by atoms with Crippen LogP contribution in [-0.2, 0) is 23.2 Å². The Bertz CT molecular complexity index is 1070. The summed E-state index contributed by atoms with van der Waals surface area (Å²) < 4.78 is 25.0. The Labute approximate surface area is 170 Å². The molecule has 2 aromatic heterocycles. The Morgan fingerprint density at radius 2 is 2.14 bits per heavy atom. The van der Waals surface area contributed by atoms with Crippen LogP contribution in [0.25, 0.3) is 10.9 Å². The molecule has 1 amide bonds. The predicted molar refractivity (Wildman–Crippen MR) is 107 cm³/mol. The topological polar surface area (TPSA) is 80.1 Å². The van der Waals surface area contributed by atoms with Crippen molar-refractivity contribution >= 4 is 32.5 Å². The first-order valence-corrected chi connectivity index (χ1v) is 9.40. The van der Waals surface area contributed by atoms with Gasteiger partial charge < -0.3 is 19.6 Å². The van der Waals surface area contributed by atoms with Crippen molar-refractivity contribution in [1.29, 1.82) is 0 Å². The molecular weight excluding hydrogens is 371 g/mol. The molecule has 6 nitrogen and oxygen atoms in total. The van der Waals surface area contributed by atoms with Gasteiger partial charge in [0.05, 0.1) is 22.2 Å². The zero-order valence-electron chi connectivity index (χ0n) is 16.3. The monoisotopic (exact) mass is 391 g/mol. The van der Waals surface area contributed by atoms with Gasteiger partial charge >= 0.3 is 0 Å². The van der Waals surface area contributed by atoms with Crippen molar-refractivity contribution in [1.82, 2.24) is 15.5 Å². The van der Waals surface area contributed by atoms with Crippen LogP contribution in [0.4, 0.5) is 4.39 Å². The molecule has 2 N–H and O–H groups in total. The number of hydrogen-bond acceptors (Lipinski definition) is 4. The second-order valence-electron chi connectivity index (χ2n) is 8.16. The quantitative estimate of drug-likeness (QED) is 0.608. The molecule has 1 saturated carbocycles. The molecule has 3 aromatic rings. The van der Waals surface area contributed by atoms with Crippen molar-refractivity contribution in [2.75, 3.05) is 0 Å². The van der Waals surface area contributed by atoms with E-state index in [0.717, 1.165) is 18.5 Å². The summed E-state index contributed by atoms with van der Waals surface area (Å²) in [5.41, 5.74) is 1.72. The van der Waals surface area contributed by atoms with Crippen molar-refractivity contribution in [3.05, 3.63) is 47.2 Å². The highest BCUT2D eigenvalue weighted by Gasteiger charge is 2.44. The van der Waals surface area contributed by atoms with Gasteiger partial charge in [-0.05, 0) is 30.2 Å². The molecule has 0 unspecified atom stereocenters. The minimum atomic E-state index is -1.15. The van der Waals surface area contributed by atoms with Gasteiger partial charge in [0, 0.05) is 34.1 Å². The first kappa shape index (κ1) is 19.6. The fourth-order valence-corrected chi connectivity index (χ4v) is 2.99. The molecule has 1 aromatic carbocycles. The van der Waals surface area contributed by atoms with Crippen LogP contribution in [0.3, 0.4) is 0 Å². The van der Waals surface area contributed by atoms with Crippen LogP contribution in [-0.4, -0.2) is 31.7 Å². The van der Waals surface area contributed by atoms with Gasteiger partial charge in [0.2, 0.25) is 5.91 Å². The van der Waals surface area contributed by atoms with Crippen LogP contribution < -0.4 is 10.1 Å². The number of amides is 1. The Balaban J connectivity index is 1.44. The second-order valence-corrected chi connectivity index (χ2v) is 8.16. The number of nitrogens with zero attached hydrogens (tertiary/aromatic N) is 1. The average Bonchev–Trinajstić information content (AvgIpc) is 3.07. The first-order chi connectivity index (χ1) is 13.6. The number of nitrogens with one attached hydrogen (secondary N) is 2. The van der Waals surface area contributed by atoms with Gasteiger partial charge in [-0.3, -0.25) is 4.79 Å². The Morgan fingerprint density at radius 1 is 1.38 bits per heavy atom. The fraction of sp³-hybridized carbons (Fsp3) is 0.400. The molecule has 4 radical (unpaired) electrons. The molecule has 9 heteroatoms. The van der Waals surface area contributed by atoms with Gasteiger partial charge in [0.25, 0.3) is 0 Å². The van der Waals surface area contributed by atoms with E-state index in [1.807, 2.05) is 13.0 Å². The SMILES string of the molecule is [B]C([B])(C)c1cc(COc2cc3[nH]c(CNC(=O)C4(C)CC4)cc3cc2F)no1. The fourth-order valence-electron chi connectivity index (χ4n) is 2.99. The maximum atomic E-state index is 14.4. The summed E-state index contributed by atoms with van der Waals surface area (Å²) >= 11 is 0. The number of H-pyrrole nitrogens is 1. The number of hydrogen-bond donors (Lipinski definition) is 2. The number of benzene rings is 1. The number of rotatable bonds is 7. The van der Waals surface area contributed by atoms with E-state index in [9.17, 15) is 9.18 Å². The highest BCUT2D eigenvalue weighted by Crippen LogP contribution is 2.45. The lowest BCUT2D eigenvalue weighted by Crippen LogP contribution is -2.29. The number of ether oxygens (including phenoxy) is 1. The van der Waals surface area contributed by atoms with E-state index < -0.39 is 11.0 Å². The number of aromatic amines is 1. The van der Waals surface area contributed by atoms with E-state index in [0.29, 0.717) is 28.9 Å². The highest BCUT2D eigenvalue weighted by atomic mass is 19.1. The van der Waals surface area contributed by atoms with Crippen LogP contribution in [0.1, 0.15) is 43.8 Å². The van der Waals surface area contributed by atoms with Gasteiger partial charge in [-0.15, -0.1) is 0 Å².